The topological polar surface area (TPSA) is 81.8 Å². The highest BCUT2D eigenvalue weighted by molar-refractivity contribution is 5.85. The maximum atomic E-state index is 8.35. The molecule has 4 nitrogen and oxygen atoms in total. The Morgan fingerprint density at radius 1 is 0.640 bits per heavy atom. The van der Waals surface area contributed by atoms with Crippen molar-refractivity contribution < 1.29 is 9.59 Å². The van der Waals surface area contributed by atoms with Gasteiger partial charge in [0.05, 0.1) is 0 Å². The largest absolute Gasteiger partial charge is 0.231 e. The first-order valence-electron chi connectivity index (χ1n) is 7.47. The van der Waals surface area contributed by atoms with Crippen LogP contribution in [0.4, 0.5) is 0 Å². The fraction of sp³-hybridized carbons (Fsp3) is 0.0476. The Balaban J connectivity index is 0.000000460. The smallest absolute Gasteiger partial charge is 0.222 e. The van der Waals surface area contributed by atoms with Crippen LogP contribution in [0, 0.1) is 17.7 Å². The maximum absolute atomic E-state index is 8.35. The Morgan fingerprint density at radius 2 is 1.08 bits per heavy atom. The first-order valence-corrected chi connectivity index (χ1v) is 7.47. The Bertz CT molecular complexity index is 836. The molecule has 0 saturated heterocycles. The predicted molar refractivity (Wildman–Crippen MR) is 98.9 cm³/mol. The van der Waals surface area contributed by atoms with Crippen molar-refractivity contribution in [1.29, 1.82) is 10.8 Å². The molecule has 0 radical (unpaired) electrons. The molecule has 3 aromatic rings. The van der Waals surface area contributed by atoms with E-state index in [1.807, 2.05) is 0 Å². The summed E-state index contributed by atoms with van der Waals surface area (Å²) in [4.78, 5) is 16.7. The van der Waals surface area contributed by atoms with Gasteiger partial charge in [0.15, 0.2) is 0 Å². The molecule has 0 amide bonds. The van der Waals surface area contributed by atoms with Crippen molar-refractivity contribution in [3.63, 3.8) is 0 Å². The van der Waals surface area contributed by atoms with E-state index in [4.69, 9.17) is 20.4 Å². The van der Waals surface area contributed by atoms with Gasteiger partial charge in [0.1, 0.15) is 0 Å². The lowest BCUT2D eigenvalue weighted by Gasteiger charge is -2.13. The summed E-state index contributed by atoms with van der Waals surface area (Å²) in [6.45, 7) is 2.18. The van der Waals surface area contributed by atoms with Crippen molar-refractivity contribution in [2.45, 2.75) is 6.92 Å². The standard InChI is InChI=1S/C19H16.2CHNO/c1-15-9-8-14-18(16-10-4-2-5-11-16)19(15)17-12-6-3-7-13-17;2*2-1-3/h2-14H,1H3;2*2H. The molecule has 0 spiro atoms. The Hall–Kier alpha value is -3.58. The minimum absolute atomic E-state index is 0.750. The van der Waals surface area contributed by atoms with E-state index >= 15 is 0 Å². The maximum Gasteiger partial charge on any atom is 0.231 e. The van der Waals surface area contributed by atoms with Crippen LogP contribution in [-0.4, -0.2) is 12.2 Å². The van der Waals surface area contributed by atoms with E-state index in [1.165, 1.54) is 27.8 Å². The van der Waals surface area contributed by atoms with E-state index in [0.29, 0.717) is 0 Å². The second kappa shape index (κ2) is 11.0. The van der Waals surface area contributed by atoms with Crippen molar-refractivity contribution >= 4 is 12.2 Å². The fourth-order valence-corrected chi connectivity index (χ4v) is 2.51. The minimum Gasteiger partial charge on any atom is -0.222 e. The molecule has 124 valence electrons. The molecule has 25 heavy (non-hydrogen) atoms. The van der Waals surface area contributed by atoms with E-state index in [1.54, 1.807) is 0 Å². The van der Waals surface area contributed by atoms with Gasteiger partial charge in [0, 0.05) is 0 Å². The molecule has 2 N–H and O–H groups in total. The number of aryl methyl sites for hydroxylation is 1. The zero-order chi connectivity index (χ0) is 18.5. The third-order valence-electron chi connectivity index (χ3n) is 3.42. The normalized spacial score (nSPS) is 8.52. The quantitative estimate of drug-likeness (QED) is 0.504. The van der Waals surface area contributed by atoms with Gasteiger partial charge in [-0.25, -0.2) is 20.4 Å². The SMILES string of the molecule is Cc1cccc(-c2ccccc2)c1-c1ccccc1.N=C=O.N=C=O. The van der Waals surface area contributed by atoms with Crippen molar-refractivity contribution in [2.75, 3.05) is 0 Å². The summed E-state index contributed by atoms with van der Waals surface area (Å²) in [6.07, 6.45) is 1.50. The van der Waals surface area contributed by atoms with Crippen molar-refractivity contribution in [3.8, 4) is 22.3 Å². The molecule has 0 unspecified atom stereocenters. The lowest BCUT2D eigenvalue weighted by atomic mass is 9.91. The van der Waals surface area contributed by atoms with Gasteiger partial charge in [-0.1, -0.05) is 78.9 Å². The highest BCUT2D eigenvalue weighted by Crippen LogP contribution is 2.34. The fourth-order valence-electron chi connectivity index (χ4n) is 2.51. The van der Waals surface area contributed by atoms with Crippen LogP contribution in [0.5, 0.6) is 0 Å². The Morgan fingerprint density at radius 3 is 1.56 bits per heavy atom. The lowest BCUT2D eigenvalue weighted by Crippen LogP contribution is -1.88. The molecule has 4 heteroatoms. The van der Waals surface area contributed by atoms with E-state index in [-0.39, 0.29) is 0 Å². The zero-order valence-corrected chi connectivity index (χ0v) is 13.8. The van der Waals surface area contributed by atoms with Gasteiger partial charge in [-0.2, -0.15) is 0 Å². The molecule has 0 aliphatic carbocycles. The Kier molecular flexibility index (Phi) is 8.59. The van der Waals surface area contributed by atoms with Crippen LogP contribution in [0.3, 0.4) is 0 Å². The van der Waals surface area contributed by atoms with Crippen LogP contribution in [-0.2, 0) is 9.59 Å². The van der Waals surface area contributed by atoms with E-state index in [9.17, 15) is 0 Å². The van der Waals surface area contributed by atoms with Crippen LogP contribution in [0.1, 0.15) is 5.56 Å². The second-order valence-electron chi connectivity index (χ2n) is 4.93. The van der Waals surface area contributed by atoms with E-state index in [2.05, 4.69) is 85.8 Å². The summed E-state index contributed by atoms with van der Waals surface area (Å²) in [5.41, 5.74) is 6.48. The van der Waals surface area contributed by atoms with E-state index in [0.717, 1.165) is 12.2 Å². The number of isocyanates is 2. The average Bonchev–Trinajstić information content (AvgIpc) is 2.64. The molecule has 0 fully saturated rings. The van der Waals surface area contributed by atoms with Gasteiger partial charge in [-0.3, -0.25) is 0 Å². The molecule has 3 rings (SSSR count). The number of hydrogen-bond acceptors (Lipinski definition) is 4. The lowest BCUT2D eigenvalue weighted by molar-refractivity contribution is 0.562. The number of carbonyl (C=O) groups excluding carboxylic acids is 2. The summed E-state index contributed by atoms with van der Waals surface area (Å²) in [7, 11) is 0. The van der Waals surface area contributed by atoms with Crippen molar-refractivity contribution in [1.82, 2.24) is 0 Å². The summed E-state index contributed by atoms with van der Waals surface area (Å²) in [5.74, 6) is 0. The van der Waals surface area contributed by atoms with Crippen LogP contribution in [0.15, 0.2) is 78.9 Å². The van der Waals surface area contributed by atoms with Crippen molar-refractivity contribution in [2.24, 2.45) is 0 Å². The number of hydrogen-bond donors (Lipinski definition) is 2. The molecular formula is C21H18N2O2. The van der Waals surface area contributed by atoms with Crippen LogP contribution >= 0.6 is 0 Å². The van der Waals surface area contributed by atoms with Gasteiger partial charge in [-0.05, 0) is 34.7 Å². The number of benzene rings is 3. The first-order chi connectivity index (χ1) is 12.2. The van der Waals surface area contributed by atoms with Gasteiger partial charge in [0.2, 0.25) is 12.2 Å². The van der Waals surface area contributed by atoms with Crippen LogP contribution in [0.25, 0.3) is 22.3 Å². The van der Waals surface area contributed by atoms with Gasteiger partial charge in [-0.15, -0.1) is 0 Å². The highest BCUT2D eigenvalue weighted by Gasteiger charge is 2.09. The Labute approximate surface area is 146 Å². The summed E-state index contributed by atoms with van der Waals surface area (Å²) >= 11 is 0. The van der Waals surface area contributed by atoms with Crippen molar-refractivity contribution in [3.05, 3.63) is 84.4 Å². The summed E-state index contributed by atoms with van der Waals surface area (Å²) < 4.78 is 0. The molecule has 0 aromatic heterocycles. The molecule has 3 aromatic carbocycles. The van der Waals surface area contributed by atoms with Gasteiger partial charge < -0.3 is 0 Å². The molecule has 0 heterocycles. The average molecular weight is 330 g/mol. The predicted octanol–water partition coefficient (Wildman–Crippen LogP) is 5.13. The van der Waals surface area contributed by atoms with Gasteiger partial charge in [0.25, 0.3) is 0 Å². The number of nitrogens with one attached hydrogen (secondary N) is 2. The molecule has 0 aliphatic rings. The third-order valence-corrected chi connectivity index (χ3v) is 3.42. The number of rotatable bonds is 2. The second-order valence-corrected chi connectivity index (χ2v) is 4.93. The third kappa shape index (κ3) is 5.85. The summed E-state index contributed by atoms with van der Waals surface area (Å²) in [6, 6.07) is 27.7. The highest BCUT2D eigenvalue weighted by atomic mass is 16.1. The first kappa shape index (κ1) is 19.5. The van der Waals surface area contributed by atoms with Gasteiger partial charge >= 0.3 is 0 Å². The molecular weight excluding hydrogens is 312 g/mol. The molecule has 0 aliphatic heterocycles. The van der Waals surface area contributed by atoms with Crippen LogP contribution < -0.4 is 0 Å². The molecule has 0 atom stereocenters. The van der Waals surface area contributed by atoms with Crippen LogP contribution in [0.2, 0.25) is 0 Å². The zero-order valence-electron chi connectivity index (χ0n) is 13.8. The summed E-state index contributed by atoms with van der Waals surface area (Å²) in [5, 5.41) is 10.8. The monoisotopic (exact) mass is 330 g/mol. The molecule has 0 saturated carbocycles. The minimum atomic E-state index is 0.750. The molecule has 0 bridgehead atoms. The van der Waals surface area contributed by atoms with E-state index < -0.39 is 0 Å².